The predicted octanol–water partition coefficient (Wildman–Crippen LogP) is 3.86. The van der Waals surface area contributed by atoms with Crippen molar-refractivity contribution in [1.29, 1.82) is 0 Å². The Morgan fingerprint density at radius 3 is 2.64 bits per heavy atom. The number of nitrogens with zero attached hydrogens (tertiary/aromatic N) is 1. The molecule has 0 saturated carbocycles. The Hall–Kier alpha value is -1.05. The summed E-state index contributed by atoms with van der Waals surface area (Å²) in [6.45, 7) is 0. The van der Waals surface area contributed by atoms with Crippen LogP contribution in [0.25, 0.3) is 11.3 Å². The van der Waals surface area contributed by atoms with Crippen molar-refractivity contribution >= 4 is 23.2 Å². The number of hydrogen-bond acceptors (Lipinski definition) is 1. The molecular formula is C11H6Cl2N. The van der Waals surface area contributed by atoms with E-state index in [1.54, 1.807) is 18.3 Å². The minimum atomic E-state index is 0.496. The zero-order valence-electron chi connectivity index (χ0n) is 7.17. The topological polar surface area (TPSA) is 12.9 Å². The quantitative estimate of drug-likeness (QED) is 0.715. The highest BCUT2D eigenvalue weighted by Crippen LogP contribution is 2.32. The SMILES string of the molecule is Clc1[c]ccc(Cl)c1-c1ccccn1. The van der Waals surface area contributed by atoms with Crippen LogP contribution >= 0.6 is 23.2 Å². The Morgan fingerprint density at radius 1 is 1.14 bits per heavy atom. The Balaban J connectivity index is 2.63. The summed E-state index contributed by atoms with van der Waals surface area (Å²) in [5.74, 6) is 0. The lowest BCUT2D eigenvalue weighted by Gasteiger charge is -2.04. The van der Waals surface area contributed by atoms with Crippen LogP contribution in [0.3, 0.4) is 0 Å². The number of hydrogen-bond donors (Lipinski definition) is 0. The highest BCUT2D eigenvalue weighted by atomic mass is 35.5. The third kappa shape index (κ3) is 1.74. The van der Waals surface area contributed by atoms with Gasteiger partial charge in [-0.05, 0) is 18.2 Å². The molecule has 0 unspecified atom stereocenters. The number of aromatic nitrogens is 1. The Kier molecular flexibility index (Phi) is 2.71. The molecule has 0 aliphatic carbocycles. The van der Waals surface area contributed by atoms with Crippen molar-refractivity contribution in [2.45, 2.75) is 0 Å². The third-order valence-electron chi connectivity index (χ3n) is 1.82. The first-order valence-electron chi connectivity index (χ1n) is 4.06. The largest absolute Gasteiger partial charge is 0.256 e. The van der Waals surface area contributed by atoms with E-state index in [0.29, 0.717) is 10.0 Å². The van der Waals surface area contributed by atoms with Gasteiger partial charge in [0.05, 0.1) is 15.7 Å². The number of halogens is 2. The maximum atomic E-state index is 6.02. The molecule has 0 bridgehead atoms. The molecule has 1 heterocycles. The van der Waals surface area contributed by atoms with E-state index < -0.39 is 0 Å². The molecule has 0 aliphatic heterocycles. The minimum absolute atomic E-state index is 0.496. The van der Waals surface area contributed by atoms with Crippen LogP contribution in [0.4, 0.5) is 0 Å². The first-order chi connectivity index (χ1) is 6.79. The zero-order valence-corrected chi connectivity index (χ0v) is 8.68. The lowest BCUT2D eigenvalue weighted by atomic mass is 10.1. The fraction of sp³-hybridized carbons (Fsp3) is 0. The number of pyridine rings is 1. The zero-order chi connectivity index (χ0) is 9.97. The van der Waals surface area contributed by atoms with Crippen LogP contribution in [0.5, 0.6) is 0 Å². The molecule has 0 saturated heterocycles. The Labute approximate surface area is 92.3 Å². The van der Waals surface area contributed by atoms with Crippen LogP contribution in [0.15, 0.2) is 36.5 Å². The lowest BCUT2D eigenvalue weighted by molar-refractivity contribution is 1.33. The molecule has 0 fully saturated rings. The molecule has 3 heteroatoms. The fourth-order valence-corrected chi connectivity index (χ4v) is 1.76. The van der Waals surface area contributed by atoms with Gasteiger partial charge >= 0.3 is 0 Å². The van der Waals surface area contributed by atoms with E-state index in [4.69, 9.17) is 23.2 Å². The molecule has 14 heavy (non-hydrogen) atoms. The van der Waals surface area contributed by atoms with Crippen molar-refractivity contribution in [2.24, 2.45) is 0 Å². The molecular weight excluding hydrogens is 217 g/mol. The van der Waals surface area contributed by atoms with E-state index in [-0.39, 0.29) is 0 Å². The van der Waals surface area contributed by atoms with Crippen LogP contribution in [0, 0.1) is 6.07 Å². The molecule has 0 amide bonds. The van der Waals surface area contributed by atoms with Crippen molar-refractivity contribution in [2.75, 3.05) is 0 Å². The molecule has 0 N–H and O–H groups in total. The molecule has 1 nitrogen and oxygen atoms in total. The Bertz CT molecular complexity index is 420. The number of benzene rings is 1. The lowest BCUT2D eigenvalue weighted by Crippen LogP contribution is -1.84. The van der Waals surface area contributed by atoms with Gasteiger partial charge in [0.15, 0.2) is 0 Å². The molecule has 0 aliphatic rings. The Morgan fingerprint density at radius 2 is 2.00 bits per heavy atom. The summed E-state index contributed by atoms with van der Waals surface area (Å²) in [6, 6.07) is 11.9. The van der Waals surface area contributed by atoms with E-state index in [0.717, 1.165) is 11.3 Å². The van der Waals surface area contributed by atoms with Gasteiger partial charge in [-0.2, -0.15) is 0 Å². The first kappa shape index (κ1) is 9.50. The van der Waals surface area contributed by atoms with Gasteiger partial charge in [-0.15, -0.1) is 0 Å². The monoisotopic (exact) mass is 222 g/mol. The van der Waals surface area contributed by atoms with E-state index in [1.165, 1.54) is 0 Å². The van der Waals surface area contributed by atoms with Crippen LogP contribution in [-0.4, -0.2) is 4.98 Å². The summed E-state index contributed by atoms with van der Waals surface area (Å²) < 4.78 is 0. The van der Waals surface area contributed by atoms with Crippen molar-refractivity contribution in [3.8, 4) is 11.3 Å². The maximum absolute atomic E-state index is 6.02. The van der Waals surface area contributed by atoms with Crippen LogP contribution in [-0.2, 0) is 0 Å². The highest BCUT2D eigenvalue weighted by Gasteiger charge is 2.08. The minimum Gasteiger partial charge on any atom is -0.256 e. The standard InChI is InChI=1S/C11H6Cl2N/c12-8-4-3-5-9(13)11(8)10-6-1-2-7-14-10/h1-4,6-7H. The predicted molar refractivity (Wildman–Crippen MR) is 58.5 cm³/mol. The highest BCUT2D eigenvalue weighted by molar-refractivity contribution is 6.38. The second-order valence-corrected chi connectivity index (χ2v) is 3.51. The maximum Gasteiger partial charge on any atom is 0.0732 e. The van der Waals surface area contributed by atoms with Crippen molar-refractivity contribution in [3.63, 3.8) is 0 Å². The molecule has 69 valence electrons. The summed E-state index contributed by atoms with van der Waals surface area (Å²) >= 11 is 12.0. The van der Waals surface area contributed by atoms with Crippen LogP contribution in [0.2, 0.25) is 10.0 Å². The van der Waals surface area contributed by atoms with E-state index in [9.17, 15) is 0 Å². The van der Waals surface area contributed by atoms with Crippen molar-refractivity contribution < 1.29 is 0 Å². The average molecular weight is 223 g/mol. The summed E-state index contributed by atoms with van der Waals surface area (Å²) in [7, 11) is 0. The van der Waals surface area contributed by atoms with Crippen LogP contribution < -0.4 is 0 Å². The van der Waals surface area contributed by atoms with Gasteiger partial charge in [0, 0.05) is 17.8 Å². The first-order valence-corrected chi connectivity index (χ1v) is 4.82. The molecule has 1 aromatic carbocycles. The smallest absolute Gasteiger partial charge is 0.0732 e. The molecule has 2 aromatic rings. The van der Waals surface area contributed by atoms with E-state index >= 15 is 0 Å². The van der Waals surface area contributed by atoms with E-state index in [1.807, 2.05) is 18.2 Å². The van der Waals surface area contributed by atoms with Crippen LogP contribution in [0.1, 0.15) is 0 Å². The molecule has 2 rings (SSSR count). The molecule has 1 radical (unpaired) electrons. The molecule has 1 aromatic heterocycles. The normalized spacial score (nSPS) is 10.1. The summed E-state index contributed by atoms with van der Waals surface area (Å²) in [5.41, 5.74) is 1.50. The fourth-order valence-electron chi connectivity index (χ4n) is 1.19. The van der Waals surface area contributed by atoms with Gasteiger partial charge in [0.25, 0.3) is 0 Å². The van der Waals surface area contributed by atoms with Gasteiger partial charge < -0.3 is 0 Å². The average Bonchev–Trinajstić information content (AvgIpc) is 2.19. The van der Waals surface area contributed by atoms with Gasteiger partial charge in [-0.1, -0.05) is 35.3 Å². The van der Waals surface area contributed by atoms with Crippen molar-refractivity contribution in [3.05, 3.63) is 52.6 Å². The number of rotatable bonds is 1. The second kappa shape index (κ2) is 3.99. The third-order valence-corrected chi connectivity index (χ3v) is 2.43. The van der Waals surface area contributed by atoms with Gasteiger partial charge in [0.2, 0.25) is 0 Å². The summed E-state index contributed by atoms with van der Waals surface area (Å²) in [6.07, 6.45) is 1.70. The molecule has 0 spiro atoms. The summed E-state index contributed by atoms with van der Waals surface area (Å²) in [4.78, 5) is 4.18. The summed E-state index contributed by atoms with van der Waals surface area (Å²) in [5, 5.41) is 1.09. The second-order valence-electron chi connectivity index (χ2n) is 2.73. The van der Waals surface area contributed by atoms with Gasteiger partial charge in [0.1, 0.15) is 0 Å². The molecule has 0 atom stereocenters. The van der Waals surface area contributed by atoms with Crippen molar-refractivity contribution in [1.82, 2.24) is 4.98 Å². The van der Waals surface area contributed by atoms with Gasteiger partial charge in [-0.3, -0.25) is 4.98 Å². The van der Waals surface area contributed by atoms with E-state index in [2.05, 4.69) is 11.1 Å². The van der Waals surface area contributed by atoms with Gasteiger partial charge in [-0.25, -0.2) is 0 Å².